The predicted octanol–water partition coefficient (Wildman–Crippen LogP) is 0.630. The van der Waals surface area contributed by atoms with E-state index in [2.05, 4.69) is 4.74 Å². The Balaban J connectivity index is 3.35. The van der Waals surface area contributed by atoms with Crippen molar-refractivity contribution in [2.45, 2.75) is 18.9 Å². The second kappa shape index (κ2) is 6.49. The Bertz CT molecular complexity index is 119. The molecule has 2 N–H and O–H groups in total. The molecule has 0 unspecified atom stereocenters. The van der Waals surface area contributed by atoms with E-state index in [1.165, 1.54) is 7.11 Å². The Morgan fingerprint density at radius 3 is 2.82 bits per heavy atom. The molecule has 0 aromatic carbocycles. The Kier molecular flexibility index (Phi) is 6.36. The maximum absolute atomic E-state index is 10.7. The lowest BCUT2D eigenvalue weighted by molar-refractivity contribution is -0.141. The van der Waals surface area contributed by atoms with Crippen LogP contribution in [0.2, 0.25) is 0 Å². The molecule has 3 nitrogen and oxygen atoms in total. The highest BCUT2D eigenvalue weighted by Crippen LogP contribution is 2.02. The molecule has 0 saturated heterocycles. The highest BCUT2D eigenvalue weighted by atomic mass is 32.2. The molecule has 0 bridgehead atoms. The first kappa shape index (κ1) is 10.8. The average molecular weight is 177 g/mol. The van der Waals surface area contributed by atoms with E-state index in [0.29, 0.717) is 6.42 Å². The quantitative estimate of drug-likeness (QED) is 0.626. The SMILES string of the molecule is COC(=O)C[C@@H](N)CCSC. The summed E-state index contributed by atoms with van der Waals surface area (Å²) in [7, 11) is 1.38. The third-order valence-electron chi connectivity index (χ3n) is 1.35. The number of methoxy groups -OCH3 is 1. The van der Waals surface area contributed by atoms with Gasteiger partial charge in [0, 0.05) is 6.04 Å². The molecule has 0 spiro atoms. The molecule has 0 heterocycles. The molecule has 0 aliphatic heterocycles. The number of esters is 1. The van der Waals surface area contributed by atoms with Crippen LogP contribution in [0.3, 0.4) is 0 Å². The maximum Gasteiger partial charge on any atom is 0.307 e. The number of thioether (sulfide) groups is 1. The van der Waals surface area contributed by atoms with Gasteiger partial charge >= 0.3 is 5.97 Å². The number of nitrogens with two attached hydrogens (primary N) is 1. The summed E-state index contributed by atoms with van der Waals surface area (Å²) in [5, 5.41) is 0. The van der Waals surface area contributed by atoms with E-state index < -0.39 is 0 Å². The van der Waals surface area contributed by atoms with Gasteiger partial charge in [0.15, 0.2) is 0 Å². The number of rotatable bonds is 5. The van der Waals surface area contributed by atoms with Crippen LogP contribution in [-0.2, 0) is 9.53 Å². The smallest absolute Gasteiger partial charge is 0.307 e. The highest BCUT2D eigenvalue weighted by Gasteiger charge is 2.08. The minimum atomic E-state index is -0.224. The Hall–Kier alpha value is -0.220. The van der Waals surface area contributed by atoms with Crippen molar-refractivity contribution in [3.63, 3.8) is 0 Å². The average Bonchev–Trinajstić information content (AvgIpc) is 2.00. The van der Waals surface area contributed by atoms with Crippen molar-refractivity contribution in [2.24, 2.45) is 5.73 Å². The summed E-state index contributed by atoms with van der Waals surface area (Å²) in [6, 6.07) is -0.0464. The summed E-state index contributed by atoms with van der Waals surface area (Å²) in [4.78, 5) is 10.7. The van der Waals surface area contributed by atoms with Crippen LogP contribution in [0.25, 0.3) is 0 Å². The molecule has 0 saturated carbocycles. The first-order valence-electron chi connectivity index (χ1n) is 3.52. The predicted molar refractivity (Wildman–Crippen MR) is 47.6 cm³/mol. The molecule has 0 rings (SSSR count). The van der Waals surface area contributed by atoms with Gasteiger partial charge in [0.2, 0.25) is 0 Å². The maximum atomic E-state index is 10.7. The fraction of sp³-hybridized carbons (Fsp3) is 0.857. The molecular formula is C7H15NO2S. The van der Waals surface area contributed by atoms with Crippen molar-refractivity contribution in [1.29, 1.82) is 0 Å². The van der Waals surface area contributed by atoms with E-state index in [9.17, 15) is 4.79 Å². The normalized spacial score (nSPS) is 12.6. The zero-order chi connectivity index (χ0) is 8.69. The first-order chi connectivity index (χ1) is 5.20. The largest absolute Gasteiger partial charge is 0.469 e. The van der Waals surface area contributed by atoms with Crippen LogP contribution in [0.5, 0.6) is 0 Å². The van der Waals surface area contributed by atoms with E-state index in [0.717, 1.165) is 12.2 Å². The molecule has 0 aliphatic carbocycles. The summed E-state index contributed by atoms with van der Waals surface area (Å²) in [6.07, 6.45) is 3.22. The van der Waals surface area contributed by atoms with E-state index >= 15 is 0 Å². The molecule has 0 amide bonds. The van der Waals surface area contributed by atoms with E-state index in [-0.39, 0.29) is 12.0 Å². The lowest BCUT2D eigenvalue weighted by Crippen LogP contribution is -2.24. The number of carbonyl (C=O) groups is 1. The molecule has 4 heteroatoms. The second-order valence-electron chi connectivity index (χ2n) is 2.32. The van der Waals surface area contributed by atoms with Crippen LogP contribution in [0, 0.1) is 0 Å². The fourth-order valence-electron chi connectivity index (χ4n) is 0.669. The lowest BCUT2D eigenvalue weighted by atomic mass is 10.2. The monoisotopic (exact) mass is 177 g/mol. The summed E-state index contributed by atoms with van der Waals surface area (Å²) >= 11 is 1.73. The summed E-state index contributed by atoms with van der Waals surface area (Å²) in [5.74, 6) is 0.775. The molecule has 1 atom stereocenters. The second-order valence-corrected chi connectivity index (χ2v) is 3.31. The van der Waals surface area contributed by atoms with Crippen LogP contribution >= 0.6 is 11.8 Å². The van der Waals surface area contributed by atoms with Crippen LogP contribution in [0.15, 0.2) is 0 Å². The van der Waals surface area contributed by atoms with Gasteiger partial charge in [0.05, 0.1) is 13.5 Å². The molecule has 66 valence electrons. The van der Waals surface area contributed by atoms with Gasteiger partial charge in [0.1, 0.15) is 0 Å². The van der Waals surface area contributed by atoms with E-state index in [4.69, 9.17) is 5.73 Å². The van der Waals surface area contributed by atoms with Gasteiger partial charge in [-0.15, -0.1) is 0 Å². The van der Waals surface area contributed by atoms with Gasteiger partial charge < -0.3 is 10.5 Å². The summed E-state index contributed by atoms with van der Waals surface area (Å²) < 4.78 is 4.48. The van der Waals surface area contributed by atoms with E-state index in [1.54, 1.807) is 11.8 Å². The molecule has 0 aromatic rings. The molecule has 0 aliphatic rings. The Morgan fingerprint density at radius 1 is 1.73 bits per heavy atom. The molecule has 11 heavy (non-hydrogen) atoms. The van der Waals surface area contributed by atoms with E-state index in [1.807, 2.05) is 6.26 Å². The molecule has 0 fully saturated rings. The van der Waals surface area contributed by atoms with Gasteiger partial charge in [0.25, 0.3) is 0 Å². The van der Waals surface area contributed by atoms with Crippen LogP contribution in [0.1, 0.15) is 12.8 Å². The number of carbonyl (C=O) groups excluding carboxylic acids is 1. The Morgan fingerprint density at radius 2 is 2.36 bits per heavy atom. The molecular weight excluding hydrogens is 162 g/mol. The molecule has 0 radical (unpaired) electrons. The van der Waals surface area contributed by atoms with Crippen LogP contribution < -0.4 is 5.73 Å². The standard InChI is InChI=1S/C7H15NO2S/c1-10-7(9)5-6(8)3-4-11-2/h6H,3-5,8H2,1-2H3/t6-/m0/s1. The van der Waals surface area contributed by atoms with Gasteiger partial charge in [-0.05, 0) is 18.4 Å². The summed E-state index contributed by atoms with van der Waals surface area (Å²) in [5.41, 5.74) is 5.62. The van der Waals surface area contributed by atoms with Crippen molar-refractivity contribution in [3.8, 4) is 0 Å². The third kappa shape index (κ3) is 6.19. The van der Waals surface area contributed by atoms with Crippen LogP contribution in [-0.4, -0.2) is 31.1 Å². The van der Waals surface area contributed by atoms with Crippen LogP contribution in [0.4, 0.5) is 0 Å². The van der Waals surface area contributed by atoms with Crippen molar-refractivity contribution in [3.05, 3.63) is 0 Å². The first-order valence-corrected chi connectivity index (χ1v) is 4.91. The van der Waals surface area contributed by atoms with Gasteiger partial charge in [-0.1, -0.05) is 0 Å². The molecule has 0 aromatic heterocycles. The zero-order valence-electron chi connectivity index (χ0n) is 7.00. The van der Waals surface area contributed by atoms with Crippen molar-refractivity contribution in [2.75, 3.05) is 19.1 Å². The highest BCUT2D eigenvalue weighted by molar-refractivity contribution is 7.98. The summed E-state index contributed by atoms with van der Waals surface area (Å²) in [6.45, 7) is 0. The fourth-order valence-corrected chi connectivity index (χ4v) is 1.21. The zero-order valence-corrected chi connectivity index (χ0v) is 7.82. The van der Waals surface area contributed by atoms with Gasteiger partial charge in [-0.2, -0.15) is 11.8 Å². The number of hydrogen-bond acceptors (Lipinski definition) is 4. The topological polar surface area (TPSA) is 52.3 Å². The minimum Gasteiger partial charge on any atom is -0.469 e. The minimum absolute atomic E-state index is 0.0464. The number of ether oxygens (including phenoxy) is 1. The van der Waals surface area contributed by atoms with Gasteiger partial charge in [-0.3, -0.25) is 4.79 Å². The Labute approximate surface area is 71.7 Å². The number of hydrogen-bond donors (Lipinski definition) is 1. The lowest BCUT2D eigenvalue weighted by Gasteiger charge is -2.07. The van der Waals surface area contributed by atoms with Crippen molar-refractivity contribution >= 4 is 17.7 Å². The van der Waals surface area contributed by atoms with Crippen molar-refractivity contribution < 1.29 is 9.53 Å². The third-order valence-corrected chi connectivity index (χ3v) is 1.99. The van der Waals surface area contributed by atoms with Gasteiger partial charge in [-0.25, -0.2) is 0 Å². The van der Waals surface area contributed by atoms with Crippen molar-refractivity contribution in [1.82, 2.24) is 0 Å².